The Kier molecular flexibility index (Phi) is 5.81. The first-order chi connectivity index (χ1) is 15.3. The summed E-state index contributed by atoms with van der Waals surface area (Å²) in [6, 6.07) is 5.78. The summed E-state index contributed by atoms with van der Waals surface area (Å²) in [5.74, 6) is -0.172. The number of carbonyl (C=O) groups is 2. The molecular weight excluding hydrogens is 402 g/mol. The van der Waals surface area contributed by atoms with Gasteiger partial charge in [-0.05, 0) is 55.7 Å². The monoisotopic (exact) mass is 427 g/mol. The van der Waals surface area contributed by atoms with Gasteiger partial charge in [0.25, 0.3) is 5.91 Å². The molecule has 0 saturated carbocycles. The Morgan fingerprint density at radius 3 is 2.53 bits per heavy atom. The Balaban J connectivity index is 1.73. The second kappa shape index (κ2) is 8.70. The van der Waals surface area contributed by atoms with E-state index in [0.29, 0.717) is 17.6 Å². The molecular formula is C25H25N5O2. The van der Waals surface area contributed by atoms with Gasteiger partial charge in [-0.1, -0.05) is 11.6 Å². The molecule has 0 bridgehead atoms. The van der Waals surface area contributed by atoms with Crippen LogP contribution in [0.1, 0.15) is 36.2 Å². The fraction of sp³-hybridized carbons (Fsp3) is 0.240. The number of nitrogens with one attached hydrogen (secondary N) is 1. The number of Topliss-reactive ketones (excluding diaryl/α,β-unsaturated/α-hetero) is 1. The average molecular weight is 428 g/mol. The number of rotatable bonds is 5. The van der Waals surface area contributed by atoms with E-state index in [1.807, 2.05) is 52.1 Å². The van der Waals surface area contributed by atoms with E-state index in [2.05, 4.69) is 20.4 Å². The number of aryl methyl sites for hydroxylation is 1. The fourth-order valence-corrected chi connectivity index (χ4v) is 4.06. The molecule has 3 aromatic rings. The summed E-state index contributed by atoms with van der Waals surface area (Å²) in [6.07, 6.45) is 9.04. The number of benzene rings is 1. The minimum absolute atomic E-state index is 0.0604. The van der Waals surface area contributed by atoms with E-state index in [0.717, 1.165) is 39.1 Å². The molecule has 7 nitrogen and oxygen atoms in total. The van der Waals surface area contributed by atoms with Gasteiger partial charge < -0.3 is 5.32 Å². The summed E-state index contributed by atoms with van der Waals surface area (Å²) in [6.45, 7) is 5.97. The van der Waals surface area contributed by atoms with Crippen LogP contribution in [0.5, 0.6) is 0 Å². The zero-order valence-corrected chi connectivity index (χ0v) is 18.6. The highest BCUT2D eigenvalue weighted by atomic mass is 16.2. The minimum Gasteiger partial charge on any atom is -0.348 e. The fourth-order valence-electron chi connectivity index (χ4n) is 4.06. The van der Waals surface area contributed by atoms with Crippen molar-refractivity contribution in [2.75, 3.05) is 6.54 Å². The van der Waals surface area contributed by atoms with Gasteiger partial charge >= 0.3 is 0 Å². The Morgan fingerprint density at radius 2 is 1.88 bits per heavy atom. The van der Waals surface area contributed by atoms with Crippen molar-refractivity contribution in [1.29, 1.82) is 0 Å². The third-order valence-corrected chi connectivity index (χ3v) is 5.78. The summed E-state index contributed by atoms with van der Waals surface area (Å²) in [5, 5.41) is 7.22. The maximum absolute atomic E-state index is 13.3. The van der Waals surface area contributed by atoms with Gasteiger partial charge in [-0.25, -0.2) is 9.97 Å². The van der Waals surface area contributed by atoms with Crippen molar-refractivity contribution in [2.45, 2.75) is 27.2 Å². The Labute approximate surface area is 186 Å². The van der Waals surface area contributed by atoms with Crippen LogP contribution in [0.25, 0.3) is 22.4 Å². The van der Waals surface area contributed by atoms with Crippen LogP contribution < -0.4 is 5.32 Å². The van der Waals surface area contributed by atoms with Gasteiger partial charge in [0.2, 0.25) is 0 Å². The van der Waals surface area contributed by atoms with Crippen LogP contribution in [-0.4, -0.2) is 38.0 Å². The van der Waals surface area contributed by atoms with E-state index in [1.165, 1.54) is 6.33 Å². The summed E-state index contributed by atoms with van der Waals surface area (Å²) in [7, 11) is 1.87. The van der Waals surface area contributed by atoms with Crippen molar-refractivity contribution in [1.82, 2.24) is 25.1 Å². The number of ketones is 1. The SMILES string of the molecule is CC1=CC(C)=C(CNC(=O)c2cc(-c3cncnc3)cc(-c3ccnn3C)c2C)C(=O)C1. The highest BCUT2D eigenvalue weighted by molar-refractivity contribution is 6.02. The molecule has 1 amide bonds. The van der Waals surface area contributed by atoms with Crippen molar-refractivity contribution in [3.63, 3.8) is 0 Å². The third kappa shape index (κ3) is 4.14. The molecule has 2 heterocycles. The Morgan fingerprint density at radius 1 is 1.12 bits per heavy atom. The molecule has 32 heavy (non-hydrogen) atoms. The first kappa shape index (κ1) is 21.4. The topological polar surface area (TPSA) is 89.8 Å². The zero-order chi connectivity index (χ0) is 22.8. The number of aromatic nitrogens is 4. The lowest BCUT2D eigenvalue weighted by Crippen LogP contribution is -2.30. The van der Waals surface area contributed by atoms with Crippen LogP contribution in [-0.2, 0) is 11.8 Å². The first-order valence-corrected chi connectivity index (χ1v) is 10.4. The van der Waals surface area contributed by atoms with Crippen LogP contribution >= 0.6 is 0 Å². The van der Waals surface area contributed by atoms with Gasteiger partial charge in [0.15, 0.2) is 5.78 Å². The summed E-state index contributed by atoms with van der Waals surface area (Å²) < 4.78 is 1.78. The van der Waals surface area contributed by atoms with Gasteiger partial charge in [0, 0.05) is 60.9 Å². The van der Waals surface area contributed by atoms with Crippen molar-refractivity contribution in [3.05, 3.63) is 77.0 Å². The summed E-state index contributed by atoms with van der Waals surface area (Å²) in [4.78, 5) is 33.9. The van der Waals surface area contributed by atoms with E-state index < -0.39 is 0 Å². The first-order valence-electron chi connectivity index (χ1n) is 10.4. The molecule has 1 aliphatic carbocycles. The summed E-state index contributed by atoms with van der Waals surface area (Å²) in [5.41, 5.74) is 7.42. The number of nitrogens with zero attached hydrogens (tertiary/aromatic N) is 4. The predicted molar refractivity (Wildman–Crippen MR) is 123 cm³/mol. The van der Waals surface area contributed by atoms with Crippen LogP contribution in [0.2, 0.25) is 0 Å². The number of hydrogen-bond donors (Lipinski definition) is 1. The Bertz CT molecular complexity index is 1270. The molecule has 1 N–H and O–H groups in total. The second-order valence-electron chi connectivity index (χ2n) is 8.10. The van der Waals surface area contributed by atoms with Crippen LogP contribution in [0.3, 0.4) is 0 Å². The highest BCUT2D eigenvalue weighted by Crippen LogP contribution is 2.31. The molecule has 162 valence electrons. The van der Waals surface area contributed by atoms with Gasteiger partial charge in [0.05, 0.1) is 5.69 Å². The standard InChI is InChI=1S/C25H25N5O2/c1-15-7-16(2)22(24(31)8-15)13-28-25(32)21-10-18(19-11-26-14-27-12-19)9-20(17(21)3)23-5-6-29-30(23)4/h5-7,9-12,14H,8,13H2,1-4H3,(H,28,32). The second-order valence-corrected chi connectivity index (χ2v) is 8.10. The number of hydrogen-bond acceptors (Lipinski definition) is 5. The molecule has 7 heteroatoms. The number of carbonyl (C=O) groups excluding carboxylic acids is 2. The molecule has 2 aromatic heterocycles. The van der Waals surface area contributed by atoms with E-state index in [4.69, 9.17) is 0 Å². The van der Waals surface area contributed by atoms with Gasteiger partial charge in [-0.2, -0.15) is 5.10 Å². The van der Waals surface area contributed by atoms with Crippen LogP contribution in [0.15, 0.2) is 65.9 Å². The molecule has 1 aromatic carbocycles. The molecule has 0 saturated heterocycles. The van der Waals surface area contributed by atoms with Crippen molar-refractivity contribution in [3.8, 4) is 22.4 Å². The smallest absolute Gasteiger partial charge is 0.251 e. The normalized spacial score (nSPS) is 13.9. The minimum atomic E-state index is -0.232. The quantitative estimate of drug-likeness (QED) is 0.669. The Hall–Kier alpha value is -3.87. The molecule has 0 spiro atoms. The molecule has 0 aliphatic heterocycles. The molecule has 0 atom stereocenters. The molecule has 1 aliphatic rings. The lowest BCUT2D eigenvalue weighted by Gasteiger charge is -2.18. The lowest BCUT2D eigenvalue weighted by molar-refractivity contribution is -0.115. The van der Waals surface area contributed by atoms with E-state index >= 15 is 0 Å². The third-order valence-electron chi connectivity index (χ3n) is 5.78. The maximum Gasteiger partial charge on any atom is 0.251 e. The largest absolute Gasteiger partial charge is 0.348 e. The van der Waals surface area contributed by atoms with E-state index in [-0.39, 0.29) is 18.2 Å². The van der Waals surface area contributed by atoms with Gasteiger partial charge in [0.1, 0.15) is 6.33 Å². The average Bonchev–Trinajstić information content (AvgIpc) is 3.19. The molecule has 0 radical (unpaired) electrons. The van der Waals surface area contributed by atoms with Crippen LogP contribution in [0, 0.1) is 6.92 Å². The zero-order valence-electron chi connectivity index (χ0n) is 18.6. The van der Waals surface area contributed by atoms with Gasteiger partial charge in [-0.15, -0.1) is 0 Å². The number of allylic oxidation sites excluding steroid dienone is 3. The maximum atomic E-state index is 13.3. The predicted octanol–water partition coefficient (Wildman–Crippen LogP) is 3.82. The lowest BCUT2D eigenvalue weighted by atomic mass is 9.92. The molecule has 0 fully saturated rings. The van der Waals surface area contributed by atoms with Crippen molar-refractivity contribution in [2.24, 2.45) is 7.05 Å². The van der Waals surface area contributed by atoms with Crippen molar-refractivity contribution >= 4 is 11.7 Å². The van der Waals surface area contributed by atoms with Crippen LogP contribution in [0.4, 0.5) is 0 Å². The molecule has 4 rings (SSSR count). The van der Waals surface area contributed by atoms with Crippen molar-refractivity contribution < 1.29 is 9.59 Å². The number of amides is 1. The molecule has 0 unspecified atom stereocenters. The van der Waals surface area contributed by atoms with Gasteiger partial charge in [-0.3, -0.25) is 14.3 Å². The van der Waals surface area contributed by atoms with E-state index in [9.17, 15) is 9.59 Å². The van der Waals surface area contributed by atoms with E-state index in [1.54, 1.807) is 23.3 Å². The highest BCUT2D eigenvalue weighted by Gasteiger charge is 2.21. The summed E-state index contributed by atoms with van der Waals surface area (Å²) >= 11 is 0.